The van der Waals surface area contributed by atoms with Crippen molar-refractivity contribution in [1.82, 2.24) is 10.1 Å². The second kappa shape index (κ2) is 5.02. The summed E-state index contributed by atoms with van der Waals surface area (Å²) in [7, 11) is 0. The molecule has 1 aromatic heterocycles. The molecule has 0 spiro atoms. The third-order valence-electron chi connectivity index (χ3n) is 4.47. The van der Waals surface area contributed by atoms with E-state index in [4.69, 9.17) is 10.3 Å². The lowest BCUT2D eigenvalue weighted by molar-refractivity contribution is 0.203. The Morgan fingerprint density at radius 3 is 2.95 bits per heavy atom. The van der Waals surface area contributed by atoms with Crippen LogP contribution in [0.4, 0.5) is 0 Å². The van der Waals surface area contributed by atoms with Gasteiger partial charge in [0, 0.05) is 11.6 Å². The highest BCUT2D eigenvalue weighted by Gasteiger charge is 2.40. The molecule has 106 valence electrons. The van der Waals surface area contributed by atoms with Gasteiger partial charge in [-0.15, -0.1) is 0 Å². The third-order valence-corrected chi connectivity index (χ3v) is 4.47. The van der Waals surface area contributed by atoms with E-state index in [9.17, 15) is 0 Å². The van der Waals surface area contributed by atoms with Gasteiger partial charge in [-0.3, -0.25) is 0 Å². The molecule has 1 aromatic carbocycles. The Hall–Kier alpha value is -1.68. The summed E-state index contributed by atoms with van der Waals surface area (Å²) >= 11 is 0. The summed E-state index contributed by atoms with van der Waals surface area (Å²) < 4.78 is 5.53. The van der Waals surface area contributed by atoms with E-state index in [2.05, 4.69) is 36.1 Å². The second-order valence-corrected chi connectivity index (χ2v) is 6.06. The van der Waals surface area contributed by atoms with Crippen molar-refractivity contribution in [3.8, 4) is 11.4 Å². The second-order valence-electron chi connectivity index (χ2n) is 6.06. The molecular formula is C16H21N3O. The van der Waals surface area contributed by atoms with E-state index in [1.165, 1.54) is 18.4 Å². The molecule has 2 N–H and O–H groups in total. The Morgan fingerprint density at radius 2 is 2.20 bits per heavy atom. The summed E-state index contributed by atoms with van der Waals surface area (Å²) in [5.41, 5.74) is 8.29. The summed E-state index contributed by atoms with van der Waals surface area (Å²) in [5.74, 6) is 1.34. The molecule has 2 atom stereocenters. The van der Waals surface area contributed by atoms with Crippen LogP contribution in [0.1, 0.15) is 44.1 Å². The van der Waals surface area contributed by atoms with Crippen LogP contribution in [0.2, 0.25) is 0 Å². The molecule has 0 bridgehead atoms. The first-order chi connectivity index (χ1) is 9.59. The Balaban J connectivity index is 1.94. The first-order valence-electron chi connectivity index (χ1n) is 7.26. The lowest BCUT2D eigenvalue weighted by Gasteiger charge is -2.35. The average molecular weight is 271 g/mol. The minimum Gasteiger partial charge on any atom is -0.338 e. The molecule has 1 heterocycles. The maximum Gasteiger partial charge on any atom is 0.234 e. The monoisotopic (exact) mass is 271 g/mol. The smallest absolute Gasteiger partial charge is 0.234 e. The zero-order chi connectivity index (χ0) is 14.2. The molecule has 0 aliphatic heterocycles. The number of hydrogen-bond donors (Lipinski definition) is 1. The van der Waals surface area contributed by atoms with Gasteiger partial charge < -0.3 is 10.3 Å². The minimum absolute atomic E-state index is 0.0991. The summed E-state index contributed by atoms with van der Waals surface area (Å²) in [5, 5.41) is 4.14. The molecular weight excluding hydrogens is 250 g/mol. The molecule has 20 heavy (non-hydrogen) atoms. The van der Waals surface area contributed by atoms with Crippen molar-refractivity contribution in [1.29, 1.82) is 0 Å². The fraction of sp³-hybridized carbons (Fsp3) is 0.500. The van der Waals surface area contributed by atoms with E-state index in [1.54, 1.807) is 0 Å². The standard InChI is InChI=1S/C16H21N3O/c1-11-6-5-7-12(10-11)14-18-15(20-19-14)16(2)9-4-3-8-13(16)17/h5-7,10,13H,3-4,8-9,17H2,1-2H3. The maximum atomic E-state index is 6.29. The van der Waals surface area contributed by atoms with Gasteiger partial charge in [0.15, 0.2) is 0 Å². The molecule has 0 amide bonds. The summed E-state index contributed by atoms with van der Waals surface area (Å²) in [6.45, 7) is 4.20. The first kappa shape index (κ1) is 13.3. The topological polar surface area (TPSA) is 64.9 Å². The molecule has 1 aliphatic carbocycles. The van der Waals surface area contributed by atoms with Crippen LogP contribution < -0.4 is 5.73 Å². The normalized spacial score (nSPS) is 26.6. The van der Waals surface area contributed by atoms with Gasteiger partial charge in [-0.05, 0) is 32.8 Å². The number of aromatic nitrogens is 2. The maximum absolute atomic E-state index is 6.29. The van der Waals surface area contributed by atoms with E-state index in [-0.39, 0.29) is 11.5 Å². The van der Waals surface area contributed by atoms with Crippen LogP contribution in [0.25, 0.3) is 11.4 Å². The van der Waals surface area contributed by atoms with Crippen LogP contribution in [0, 0.1) is 6.92 Å². The zero-order valence-corrected chi connectivity index (χ0v) is 12.1. The Kier molecular flexibility index (Phi) is 3.34. The van der Waals surface area contributed by atoms with Crippen molar-refractivity contribution in [3.05, 3.63) is 35.7 Å². The number of nitrogens with zero attached hydrogens (tertiary/aromatic N) is 2. The van der Waals surface area contributed by atoms with Crippen LogP contribution >= 0.6 is 0 Å². The zero-order valence-electron chi connectivity index (χ0n) is 12.1. The van der Waals surface area contributed by atoms with Gasteiger partial charge >= 0.3 is 0 Å². The van der Waals surface area contributed by atoms with Crippen LogP contribution in [0.15, 0.2) is 28.8 Å². The molecule has 1 aliphatic rings. The third kappa shape index (κ3) is 2.24. The van der Waals surface area contributed by atoms with E-state index < -0.39 is 0 Å². The minimum atomic E-state index is -0.187. The first-order valence-corrected chi connectivity index (χ1v) is 7.26. The van der Waals surface area contributed by atoms with Crippen molar-refractivity contribution in [3.63, 3.8) is 0 Å². The number of rotatable bonds is 2. The lowest BCUT2D eigenvalue weighted by atomic mass is 9.72. The van der Waals surface area contributed by atoms with Crippen molar-refractivity contribution < 1.29 is 4.52 Å². The SMILES string of the molecule is Cc1cccc(-c2noc(C3(C)CCCCC3N)n2)c1. The Bertz CT molecular complexity index is 607. The molecule has 0 saturated heterocycles. The largest absolute Gasteiger partial charge is 0.338 e. The van der Waals surface area contributed by atoms with Gasteiger partial charge in [-0.25, -0.2) is 0 Å². The van der Waals surface area contributed by atoms with Crippen molar-refractivity contribution >= 4 is 0 Å². The van der Waals surface area contributed by atoms with Gasteiger partial charge in [0.05, 0.1) is 5.41 Å². The highest BCUT2D eigenvalue weighted by atomic mass is 16.5. The van der Waals surface area contributed by atoms with Gasteiger partial charge in [0.2, 0.25) is 11.7 Å². The highest BCUT2D eigenvalue weighted by Crippen LogP contribution is 2.38. The summed E-state index contributed by atoms with van der Waals surface area (Å²) in [6, 6.07) is 8.24. The van der Waals surface area contributed by atoms with Gasteiger partial charge in [-0.2, -0.15) is 4.98 Å². The van der Waals surface area contributed by atoms with Gasteiger partial charge in [0.1, 0.15) is 0 Å². The highest BCUT2D eigenvalue weighted by molar-refractivity contribution is 5.55. The van der Waals surface area contributed by atoms with Crippen LogP contribution in [0.5, 0.6) is 0 Å². The number of aryl methyl sites for hydroxylation is 1. The predicted octanol–water partition coefficient (Wildman–Crippen LogP) is 3.20. The molecule has 4 heteroatoms. The predicted molar refractivity (Wildman–Crippen MR) is 78.3 cm³/mol. The van der Waals surface area contributed by atoms with E-state index in [0.717, 1.165) is 18.4 Å². The van der Waals surface area contributed by atoms with Gasteiger partial charge in [0.25, 0.3) is 0 Å². The Labute approximate surface area is 119 Å². The molecule has 2 aromatic rings. The number of nitrogens with two attached hydrogens (primary N) is 1. The molecule has 1 saturated carbocycles. The Morgan fingerprint density at radius 1 is 1.35 bits per heavy atom. The van der Waals surface area contributed by atoms with Crippen molar-refractivity contribution in [2.75, 3.05) is 0 Å². The molecule has 1 fully saturated rings. The molecule has 2 unspecified atom stereocenters. The number of benzene rings is 1. The molecule has 0 radical (unpaired) electrons. The van der Waals surface area contributed by atoms with Gasteiger partial charge in [-0.1, -0.05) is 41.8 Å². The van der Waals surface area contributed by atoms with Crippen molar-refractivity contribution in [2.45, 2.75) is 51.0 Å². The van der Waals surface area contributed by atoms with Crippen molar-refractivity contribution in [2.24, 2.45) is 5.73 Å². The summed E-state index contributed by atoms with van der Waals surface area (Å²) in [4.78, 5) is 4.61. The van der Waals surface area contributed by atoms with Crippen LogP contribution in [0.3, 0.4) is 0 Å². The van der Waals surface area contributed by atoms with E-state index in [0.29, 0.717) is 11.7 Å². The lowest BCUT2D eigenvalue weighted by Crippen LogP contribution is -2.45. The molecule has 3 rings (SSSR count). The van der Waals surface area contributed by atoms with Crippen LogP contribution in [-0.4, -0.2) is 16.2 Å². The summed E-state index contributed by atoms with van der Waals surface area (Å²) in [6.07, 6.45) is 4.41. The van der Waals surface area contributed by atoms with E-state index >= 15 is 0 Å². The number of hydrogen-bond acceptors (Lipinski definition) is 4. The quantitative estimate of drug-likeness (QED) is 0.911. The van der Waals surface area contributed by atoms with E-state index in [1.807, 2.05) is 12.1 Å². The van der Waals surface area contributed by atoms with Crippen LogP contribution in [-0.2, 0) is 5.41 Å². The fourth-order valence-electron chi connectivity index (χ4n) is 2.98. The fourth-order valence-corrected chi connectivity index (χ4v) is 2.98. The molecule has 4 nitrogen and oxygen atoms in total. The average Bonchev–Trinajstić information content (AvgIpc) is 2.93.